The van der Waals surface area contributed by atoms with Crippen LogP contribution in [0, 0.1) is 0 Å². The highest BCUT2D eigenvalue weighted by Gasteiger charge is 2.26. The summed E-state index contributed by atoms with van der Waals surface area (Å²) in [5.74, 6) is -0.791. The van der Waals surface area contributed by atoms with Crippen LogP contribution in [0.15, 0.2) is 12.3 Å². The van der Waals surface area contributed by atoms with E-state index in [1.165, 1.54) is 20.4 Å². The summed E-state index contributed by atoms with van der Waals surface area (Å²) >= 11 is 0. The van der Waals surface area contributed by atoms with E-state index in [-0.39, 0.29) is 0 Å². The average Bonchev–Trinajstić information content (AvgIpc) is 2.29. The van der Waals surface area contributed by atoms with Crippen molar-refractivity contribution in [1.82, 2.24) is 4.98 Å². The molecular formula is C11H15NO4. The zero-order valence-corrected chi connectivity index (χ0v) is 9.56. The molecule has 0 aliphatic rings. The summed E-state index contributed by atoms with van der Waals surface area (Å²) in [6.07, 6.45) is 1.98. The van der Waals surface area contributed by atoms with Crippen LogP contribution in [0.25, 0.3) is 0 Å². The molecule has 88 valence electrons. The number of nitrogens with zero attached hydrogens (tertiary/aromatic N) is 1. The lowest BCUT2D eigenvalue weighted by Crippen LogP contribution is -2.13. The average molecular weight is 225 g/mol. The Morgan fingerprint density at radius 3 is 2.62 bits per heavy atom. The van der Waals surface area contributed by atoms with Gasteiger partial charge < -0.3 is 14.6 Å². The normalized spacial score (nSPS) is 11.9. The summed E-state index contributed by atoms with van der Waals surface area (Å²) in [7, 11) is 2.95. The number of pyridine rings is 1. The molecule has 0 aromatic carbocycles. The van der Waals surface area contributed by atoms with Crippen molar-refractivity contribution in [3.63, 3.8) is 0 Å². The molecule has 0 aliphatic carbocycles. The van der Waals surface area contributed by atoms with E-state index in [0.717, 1.165) is 0 Å². The van der Waals surface area contributed by atoms with Crippen LogP contribution >= 0.6 is 0 Å². The molecule has 5 nitrogen and oxygen atoms in total. The van der Waals surface area contributed by atoms with Crippen LogP contribution in [-0.2, 0) is 4.79 Å². The molecule has 0 saturated carbocycles. The minimum Gasteiger partial charge on any atom is -0.496 e. The first kappa shape index (κ1) is 12.3. The van der Waals surface area contributed by atoms with Gasteiger partial charge in [0, 0.05) is 6.20 Å². The van der Waals surface area contributed by atoms with Gasteiger partial charge in [0.05, 0.1) is 25.7 Å². The number of ether oxygens (including phenoxy) is 2. The lowest BCUT2D eigenvalue weighted by molar-refractivity contribution is -0.138. The van der Waals surface area contributed by atoms with E-state index in [9.17, 15) is 4.79 Å². The summed E-state index contributed by atoms with van der Waals surface area (Å²) < 4.78 is 10.2. The van der Waals surface area contributed by atoms with Crippen molar-refractivity contribution in [3.05, 3.63) is 17.8 Å². The van der Waals surface area contributed by atoms with Crippen molar-refractivity contribution in [2.24, 2.45) is 0 Å². The topological polar surface area (TPSA) is 68.7 Å². The minimum absolute atomic E-state index is 0.300. The Labute approximate surface area is 94.0 Å². The summed E-state index contributed by atoms with van der Waals surface area (Å²) in [6.45, 7) is 1.80. The SMILES string of the molecule is CCC(C(=O)O)c1c(OC)ccnc1OC. The monoisotopic (exact) mass is 225 g/mol. The molecule has 0 radical (unpaired) electrons. The van der Waals surface area contributed by atoms with Crippen LogP contribution in [0.1, 0.15) is 24.8 Å². The van der Waals surface area contributed by atoms with Gasteiger partial charge in [0.2, 0.25) is 5.88 Å². The Kier molecular flexibility index (Phi) is 4.10. The van der Waals surface area contributed by atoms with Gasteiger partial charge >= 0.3 is 5.97 Å². The van der Waals surface area contributed by atoms with Gasteiger partial charge in [-0.1, -0.05) is 6.92 Å². The van der Waals surface area contributed by atoms with E-state index >= 15 is 0 Å². The van der Waals surface area contributed by atoms with Gasteiger partial charge in [-0.05, 0) is 12.5 Å². The minimum atomic E-state index is -0.910. The first-order valence-electron chi connectivity index (χ1n) is 4.95. The highest BCUT2D eigenvalue weighted by atomic mass is 16.5. The van der Waals surface area contributed by atoms with Crippen LogP contribution in [0.5, 0.6) is 11.6 Å². The number of carboxylic acids is 1. The number of aromatic nitrogens is 1. The first-order chi connectivity index (χ1) is 7.65. The molecule has 0 aliphatic heterocycles. The van der Waals surface area contributed by atoms with Gasteiger partial charge in [-0.15, -0.1) is 0 Å². The van der Waals surface area contributed by atoms with Crippen molar-refractivity contribution < 1.29 is 19.4 Å². The molecule has 0 spiro atoms. The number of hydrogen-bond donors (Lipinski definition) is 1. The van der Waals surface area contributed by atoms with Gasteiger partial charge in [-0.3, -0.25) is 4.79 Å². The number of methoxy groups -OCH3 is 2. The summed E-state index contributed by atoms with van der Waals surface area (Å²) in [5, 5.41) is 9.13. The van der Waals surface area contributed by atoms with Gasteiger partial charge in [0.25, 0.3) is 0 Å². The zero-order chi connectivity index (χ0) is 12.1. The smallest absolute Gasteiger partial charge is 0.311 e. The Morgan fingerprint density at radius 1 is 1.50 bits per heavy atom. The molecule has 0 amide bonds. The fourth-order valence-electron chi connectivity index (χ4n) is 1.60. The van der Waals surface area contributed by atoms with Crippen LogP contribution in [0.4, 0.5) is 0 Å². The lowest BCUT2D eigenvalue weighted by Gasteiger charge is -2.16. The fourth-order valence-corrected chi connectivity index (χ4v) is 1.60. The quantitative estimate of drug-likeness (QED) is 0.825. The molecule has 0 bridgehead atoms. The third-order valence-corrected chi connectivity index (χ3v) is 2.38. The molecule has 1 unspecified atom stereocenters. The van der Waals surface area contributed by atoms with Crippen LogP contribution in [0.3, 0.4) is 0 Å². The zero-order valence-electron chi connectivity index (χ0n) is 9.56. The van der Waals surface area contributed by atoms with Crippen molar-refractivity contribution >= 4 is 5.97 Å². The van der Waals surface area contributed by atoms with Crippen molar-refractivity contribution in [3.8, 4) is 11.6 Å². The Morgan fingerprint density at radius 2 is 2.19 bits per heavy atom. The van der Waals surface area contributed by atoms with Crippen molar-refractivity contribution in [2.45, 2.75) is 19.3 Å². The third-order valence-electron chi connectivity index (χ3n) is 2.38. The second kappa shape index (κ2) is 5.34. The third kappa shape index (κ3) is 2.24. The molecule has 0 saturated heterocycles. The van der Waals surface area contributed by atoms with E-state index in [2.05, 4.69) is 4.98 Å². The molecular weight excluding hydrogens is 210 g/mol. The van der Waals surface area contributed by atoms with E-state index in [1.807, 2.05) is 0 Å². The van der Waals surface area contributed by atoms with E-state index in [4.69, 9.17) is 14.6 Å². The Balaban J connectivity index is 3.31. The lowest BCUT2D eigenvalue weighted by atomic mass is 9.97. The summed E-state index contributed by atoms with van der Waals surface area (Å²) in [5.41, 5.74) is 0.488. The van der Waals surface area contributed by atoms with Crippen molar-refractivity contribution in [2.75, 3.05) is 14.2 Å². The second-order valence-corrected chi connectivity index (χ2v) is 3.24. The van der Waals surface area contributed by atoms with Gasteiger partial charge in [-0.2, -0.15) is 0 Å². The maximum Gasteiger partial charge on any atom is 0.311 e. The van der Waals surface area contributed by atoms with Crippen LogP contribution < -0.4 is 9.47 Å². The highest BCUT2D eigenvalue weighted by molar-refractivity contribution is 5.78. The second-order valence-electron chi connectivity index (χ2n) is 3.24. The Bertz CT molecular complexity index is 356. The number of aliphatic carboxylic acids is 1. The molecule has 5 heteroatoms. The van der Waals surface area contributed by atoms with E-state index < -0.39 is 11.9 Å². The molecule has 1 aromatic rings. The number of carbonyl (C=O) groups is 1. The van der Waals surface area contributed by atoms with Crippen LogP contribution in [-0.4, -0.2) is 30.3 Å². The molecule has 1 atom stereocenters. The van der Waals surface area contributed by atoms with E-state index in [0.29, 0.717) is 23.6 Å². The standard InChI is InChI=1S/C11H15NO4/c1-4-7(11(13)14)9-8(15-2)5-6-12-10(9)16-3/h5-7H,4H2,1-3H3,(H,13,14). The molecule has 16 heavy (non-hydrogen) atoms. The molecule has 0 fully saturated rings. The molecule has 1 rings (SSSR count). The predicted molar refractivity (Wildman–Crippen MR) is 58.0 cm³/mol. The molecule has 1 heterocycles. The predicted octanol–water partition coefficient (Wildman–Crippen LogP) is 1.68. The molecule has 1 aromatic heterocycles. The first-order valence-corrected chi connectivity index (χ1v) is 4.95. The van der Waals surface area contributed by atoms with Gasteiger partial charge in [0.1, 0.15) is 5.75 Å². The van der Waals surface area contributed by atoms with Gasteiger partial charge in [-0.25, -0.2) is 4.98 Å². The summed E-state index contributed by atoms with van der Waals surface area (Å²) in [4.78, 5) is 15.1. The maximum absolute atomic E-state index is 11.1. The largest absolute Gasteiger partial charge is 0.496 e. The highest BCUT2D eigenvalue weighted by Crippen LogP contribution is 2.35. The maximum atomic E-state index is 11.1. The van der Waals surface area contributed by atoms with E-state index in [1.54, 1.807) is 13.0 Å². The molecule has 1 N–H and O–H groups in total. The number of hydrogen-bond acceptors (Lipinski definition) is 4. The number of carboxylic acid groups (broad SMARTS) is 1. The Hall–Kier alpha value is -1.78. The number of rotatable bonds is 5. The fraction of sp³-hybridized carbons (Fsp3) is 0.455. The van der Waals surface area contributed by atoms with Crippen LogP contribution in [0.2, 0.25) is 0 Å². The summed E-state index contributed by atoms with van der Waals surface area (Å²) in [6, 6.07) is 1.63. The van der Waals surface area contributed by atoms with Gasteiger partial charge in [0.15, 0.2) is 0 Å². The van der Waals surface area contributed by atoms with Crippen molar-refractivity contribution in [1.29, 1.82) is 0 Å².